The fraction of sp³-hybridized carbons (Fsp3) is 0.167. The van der Waals surface area contributed by atoms with Crippen molar-refractivity contribution in [3.8, 4) is 11.4 Å². The van der Waals surface area contributed by atoms with Crippen LogP contribution in [-0.2, 0) is 10.0 Å². The van der Waals surface area contributed by atoms with Gasteiger partial charge in [0.2, 0.25) is 11.7 Å². The quantitative estimate of drug-likeness (QED) is 0.234. The van der Waals surface area contributed by atoms with Crippen molar-refractivity contribution < 1.29 is 17.7 Å². The first kappa shape index (κ1) is 26.2. The highest BCUT2D eigenvalue weighted by Crippen LogP contribution is 2.31. The van der Waals surface area contributed by atoms with E-state index >= 15 is 0 Å². The summed E-state index contributed by atoms with van der Waals surface area (Å²) in [7, 11) is -3.83. The lowest BCUT2D eigenvalue weighted by atomic mass is 9.96. The number of hydrogen-bond donors (Lipinski definition) is 1. The van der Waals surface area contributed by atoms with Gasteiger partial charge in [0, 0.05) is 40.3 Å². The van der Waals surface area contributed by atoms with Crippen LogP contribution in [0.5, 0.6) is 0 Å². The van der Waals surface area contributed by atoms with Crippen LogP contribution in [0.1, 0.15) is 35.0 Å². The van der Waals surface area contributed by atoms with Gasteiger partial charge in [-0.05, 0) is 66.1 Å². The summed E-state index contributed by atoms with van der Waals surface area (Å²) >= 11 is 3.52. The molecule has 0 aliphatic carbocycles. The number of anilines is 1. The summed E-state index contributed by atoms with van der Waals surface area (Å²) in [6.07, 6.45) is 1.38. The Labute approximate surface area is 240 Å². The van der Waals surface area contributed by atoms with E-state index in [-0.39, 0.29) is 16.7 Å². The second-order valence-corrected chi connectivity index (χ2v) is 12.2. The fourth-order valence-electron chi connectivity index (χ4n) is 4.93. The molecule has 0 atom stereocenters. The van der Waals surface area contributed by atoms with Gasteiger partial charge in [-0.3, -0.25) is 9.52 Å². The summed E-state index contributed by atoms with van der Waals surface area (Å²) in [4.78, 5) is 19.8. The Balaban J connectivity index is 1.11. The normalized spacial score (nSPS) is 14.4. The molecule has 6 rings (SSSR count). The van der Waals surface area contributed by atoms with Crippen LogP contribution in [0.25, 0.3) is 22.2 Å². The average Bonchev–Trinajstić information content (AvgIpc) is 3.47. The van der Waals surface area contributed by atoms with E-state index < -0.39 is 10.0 Å². The van der Waals surface area contributed by atoms with Gasteiger partial charge in [0.15, 0.2) is 0 Å². The second kappa shape index (κ2) is 10.9. The van der Waals surface area contributed by atoms with Crippen molar-refractivity contribution in [1.82, 2.24) is 15.0 Å². The van der Waals surface area contributed by atoms with Gasteiger partial charge in [-0.2, -0.15) is 4.98 Å². The van der Waals surface area contributed by atoms with Gasteiger partial charge in [0.05, 0.1) is 4.90 Å². The van der Waals surface area contributed by atoms with Crippen LogP contribution in [0.15, 0.2) is 105 Å². The SMILES string of the molecule is O=C(c1cccc(NS(=O)(=O)c2ccc3ccccc3c2)c1)N1CCC(c2nc(-c3ccccc3Br)no2)CC1. The lowest BCUT2D eigenvalue weighted by molar-refractivity contribution is 0.0704. The van der Waals surface area contributed by atoms with Gasteiger partial charge in [-0.25, -0.2) is 8.42 Å². The first-order valence-electron chi connectivity index (χ1n) is 12.9. The number of amides is 1. The zero-order chi connectivity index (χ0) is 27.7. The van der Waals surface area contributed by atoms with E-state index in [1.165, 1.54) is 0 Å². The number of halogens is 1. The minimum atomic E-state index is -3.83. The minimum Gasteiger partial charge on any atom is -0.339 e. The molecule has 8 nitrogen and oxygen atoms in total. The zero-order valence-electron chi connectivity index (χ0n) is 21.3. The third kappa shape index (κ3) is 5.37. The van der Waals surface area contributed by atoms with Crippen molar-refractivity contribution >= 4 is 48.3 Å². The van der Waals surface area contributed by atoms with Gasteiger partial charge in [-0.15, -0.1) is 0 Å². The molecule has 1 aliphatic heterocycles. The highest BCUT2D eigenvalue weighted by molar-refractivity contribution is 9.10. The largest absolute Gasteiger partial charge is 0.339 e. The Bertz CT molecular complexity index is 1810. The molecule has 1 fully saturated rings. The Morgan fingerprint density at radius 3 is 2.45 bits per heavy atom. The van der Waals surface area contributed by atoms with Crippen LogP contribution < -0.4 is 4.72 Å². The smallest absolute Gasteiger partial charge is 0.261 e. The summed E-state index contributed by atoms with van der Waals surface area (Å²) in [5.41, 5.74) is 1.62. The Morgan fingerprint density at radius 1 is 0.900 bits per heavy atom. The maximum absolute atomic E-state index is 13.3. The lowest BCUT2D eigenvalue weighted by Crippen LogP contribution is -2.38. The molecule has 10 heteroatoms. The van der Waals surface area contributed by atoms with Crippen LogP contribution in [0.4, 0.5) is 5.69 Å². The summed E-state index contributed by atoms with van der Waals surface area (Å²) in [6.45, 7) is 1.06. The molecular weight excluding hydrogens is 592 g/mol. The van der Waals surface area contributed by atoms with Gasteiger partial charge >= 0.3 is 0 Å². The number of hydrogen-bond acceptors (Lipinski definition) is 6. The van der Waals surface area contributed by atoms with Crippen LogP contribution in [-0.4, -0.2) is 42.5 Å². The standard InChI is InChI=1S/C30H25BrN4O4S/c31-27-11-4-3-10-26(27)28-32-29(39-33-28)21-14-16-35(17-15-21)30(36)23-8-5-9-24(18-23)34-40(37,38)25-13-12-20-6-1-2-7-22(20)19-25/h1-13,18-19,21,34H,14-17H2. The number of fused-ring (bicyclic) bond motifs is 1. The fourth-order valence-corrected chi connectivity index (χ4v) is 6.48. The molecule has 0 saturated carbocycles. The van der Waals surface area contributed by atoms with Crippen molar-refractivity contribution in [3.05, 3.63) is 107 Å². The summed E-state index contributed by atoms with van der Waals surface area (Å²) in [5, 5.41) is 5.94. The van der Waals surface area contributed by atoms with E-state index in [9.17, 15) is 13.2 Å². The first-order chi connectivity index (χ1) is 19.4. The highest BCUT2D eigenvalue weighted by atomic mass is 79.9. The summed E-state index contributed by atoms with van der Waals surface area (Å²) in [5.74, 6) is 1.02. The Hall–Kier alpha value is -4.02. The number of piperidine rings is 1. The number of nitrogens with one attached hydrogen (secondary N) is 1. The molecule has 0 unspecified atom stereocenters. The van der Waals surface area contributed by atoms with Crippen LogP contribution in [0.3, 0.4) is 0 Å². The third-order valence-corrected chi connectivity index (χ3v) is 9.15. The van der Waals surface area contributed by atoms with E-state index in [4.69, 9.17) is 4.52 Å². The summed E-state index contributed by atoms with van der Waals surface area (Å²) in [6, 6.07) is 26.9. The maximum Gasteiger partial charge on any atom is 0.261 e. The predicted octanol–water partition coefficient (Wildman–Crippen LogP) is 6.47. The van der Waals surface area contributed by atoms with Crippen LogP contribution in [0.2, 0.25) is 0 Å². The summed E-state index contributed by atoms with van der Waals surface area (Å²) < 4.78 is 35.2. The van der Waals surface area contributed by atoms with Gasteiger partial charge in [-0.1, -0.05) is 69.6 Å². The Kier molecular flexibility index (Phi) is 7.12. The molecule has 0 bridgehead atoms. The van der Waals surface area contributed by atoms with E-state index in [1.807, 2.05) is 48.5 Å². The number of carbonyl (C=O) groups excluding carboxylic acids is 1. The molecule has 1 aliphatic rings. The average molecular weight is 618 g/mol. The van der Waals surface area contributed by atoms with E-state index in [1.54, 1.807) is 47.4 Å². The van der Waals surface area contributed by atoms with Crippen LogP contribution >= 0.6 is 15.9 Å². The van der Waals surface area contributed by atoms with Gasteiger partial charge < -0.3 is 9.42 Å². The molecule has 40 heavy (non-hydrogen) atoms. The van der Waals surface area contributed by atoms with E-state index in [2.05, 4.69) is 30.8 Å². The molecule has 5 aromatic rings. The van der Waals surface area contributed by atoms with Gasteiger partial charge in [0.1, 0.15) is 0 Å². The molecule has 4 aromatic carbocycles. The number of aromatic nitrogens is 2. The predicted molar refractivity (Wildman–Crippen MR) is 157 cm³/mol. The molecule has 202 valence electrons. The highest BCUT2D eigenvalue weighted by Gasteiger charge is 2.28. The topological polar surface area (TPSA) is 105 Å². The number of nitrogens with zero attached hydrogens (tertiary/aromatic N) is 3. The molecule has 1 aromatic heterocycles. The second-order valence-electron chi connectivity index (χ2n) is 9.70. The molecule has 1 N–H and O–H groups in total. The molecule has 0 radical (unpaired) electrons. The van der Waals surface area contributed by atoms with Crippen molar-refractivity contribution in [1.29, 1.82) is 0 Å². The lowest BCUT2D eigenvalue weighted by Gasteiger charge is -2.30. The van der Waals surface area contributed by atoms with Gasteiger partial charge in [0.25, 0.3) is 15.9 Å². The number of sulfonamides is 1. The van der Waals surface area contributed by atoms with Crippen molar-refractivity contribution in [2.45, 2.75) is 23.7 Å². The molecule has 0 spiro atoms. The number of likely N-dealkylation sites (tertiary alicyclic amines) is 1. The molecular formula is C30H25BrN4O4S. The number of carbonyl (C=O) groups is 1. The van der Waals surface area contributed by atoms with E-state index in [0.29, 0.717) is 48.9 Å². The third-order valence-electron chi connectivity index (χ3n) is 7.08. The van der Waals surface area contributed by atoms with Crippen molar-refractivity contribution in [3.63, 3.8) is 0 Å². The number of benzene rings is 4. The molecule has 2 heterocycles. The van der Waals surface area contributed by atoms with Crippen molar-refractivity contribution in [2.24, 2.45) is 0 Å². The monoisotopic (exact) mass is 616 g/mol. The zero-order valence-corrected chi connectivity index (χ0v) is 23.7. The Morgan fingerprint density at radius 2 is 1.65 bits per heavy atom. The number of rotatable bonds is 6. The first-order valence-corrected chi connectivity index (χ1v) is 15.1. The van der Waals surface area contributed by atoms with E-state index in [0.717, 1.165) is 20.8 Å². The van der Waals surface area contributed by atoms with Crippen molar-refractivity contribution in [2.75, 3.05) is 17.8 Å². The molecule has 1 amide bonds. The molecule has 1 saturated heterocycles. The maximum atomic E-state index is 13.3. The minimum absolute atomic E-state index is 0.0629. The van der Waals surface area contributed by atoms with Crippen LogP contribution in [0, 0.1) is 0 Å².